The number of likely N-dealkylation sites (N-methyl/N-ethyl adjacent to an activating group) is 1. The van der Waals surface area contributed by atoms with Crippen molar-refractivity contribution in [3.8, 4) is 5.75 Å². The van der Waals surface area contributed by atoms with Crippen LogP contribution in [-0.2, 0) is 16.1 Å². The minimum Gasteiger partial charge on any atom is -0.491 e. The molecule has 1 fully saturated rings. The number of carbonyl (C=O) groups excluding carboxylic acids is 3. The van der Waals surface area contributed by atoms with E-state index in [1.54, 1.807) is 16.2 Å². The smallest absolute Gasteiger partial charge is 0.301 e. The van der Waals surface area contributed by atoms with Crippen molar-refractivity contribution in [2.24, 2.45) is 5.92 Å². The summed E-state index contributed by atoms with van der Waals surface area (Å²) in [5.41, 5.74) is 3.43. The predicted molar refractivity (Wildman–Crippen MR) is 207 cm³/mol. The van der Waals surface area contributed by atoms with Crippen molar-refractivity contribution in [2.75, 3.05) is 24.6 Å². The Morgan fingerprint density at radius 2 is 1.76 bits per heavy atom. The minimum atomic E-state index is -0.528. The lowest BCUT2D eigenvalue weighted by molar-refractivity contribution is -0.383. The molecule has 2 aromatic carbocycles. The van der Waals surface area contributed by atoms with Crippen molar-refractivity contribution in [1.29, 1.82) is 0 Å². The number of nitro groups is 1. The molecule has 15 heteroatoms. The summed E-state index contributed by atoms with van der Waals surface area (Å²) < 4.78 is 13.2. The zero-order valence-corrected chi connectivity index (χ0v) is 31.6. The van der Waals surface area contributed by atoms with Gasteiger partial charge in [0.05, 0.1) is 21.7 Å². The number of aromatic nitrogens is 3. The molecule has 6 rings (SSSR count). The van der Waals surface area contributed by atoms with E-state index in [0.717, 1.165) is 72.8 Å². The summed E-state index contributed by atoms with van der Waals surface area (Å²) in [6.45, 7) is 5.64. The van der Waals surface area contributed by atoms with Gasteiger partial charge >= 0.3 is 5.69 Å². The molecule has 2 N–H and O–H groups in total. The molecule has 3 aromatic heterocycles. The molecular weight excluding hydrogens is 711 g/mol. The van der Waals surface area contributed by atoms with Crippen molar-refractivity contribution >= 4 is 61.7 Å². The summed E-state index contributed by atoms with van der Waals surface area (Å²) in [5, 5.41) is 26.8. The van der Waals surface area contributed by atoms with Gasteiger partial charge in [0.15, 0.2) is 11.3 Å². The summed E-state index contributed by atoms with van der Waals surface area (Å²) in [4.78, 5) is 52.4. The number of unbranched alkanes of at least 4 members (excludes halogenated alkanes) is 5. The highest BCUT2D eigenvalue weighted by atomic mass is 32.1. The molecule has 0 saturated heterocycles. The van der Waals surface area contributed by atoms with Crippen LogP contribution in [0.4, 0.5) is 11.4 Å². The maximum atomic E-state index is 13.6. The highest BCUT2D eigenvalue weighted by molar-refractivity contribution is 7.17. The Morgan fingerprint density at radius 1 is 1.00 bits per heavy atom. The van der Waals surface area contributed by atoms with Crippen LogP contribution in [0.5, 0.6) is 5.75 Å². The van der Waals surface area contributed by atoms with E-state index in [2.05, 4.69) is 25.6 Å². The third-order valence-corrected chi connectivity index (χ3v) is 10.9. The SMILES string of the molecule is CCN(C(=O)Cn1c(C(=O)NC2CCC(C(=O)NCCCCCCCCOc3ccc([N+](=O)[O-])c4nonc34)CC2)cc2sccc21)c1cccc(C)c1. The molecule has 1 aliphatic carbocycles. The van der Waals surface area contributed by atoms with Crippen LogP contribution in [0, 0.1) is 23.0 Å². The van der Waals surface area contributed by atoms with Gasteiger partial charge in [0, 0.05) is 36.8 Å². The van der Waals surface area contributed by atoms with Gasteiger partial charge in [0.25, 0.3) is 5.91 Å². The molecule has 0 unspecified atom stereocenters. The van der Waals surface area contributed by atoms with Crippen molar-refractivity contribution in [2.45, 2.75) is 90.6 Å². The van der Waals surface area contributed by atoms with E-state index in [-0.39, 0.29) is 52.9 Å². The quantitative estimate of drug-likeness (QED) is 0.0527. The number of hydrogen-bond donors (Lipinski definition) is 2. The molecule has 1 aliphatic rings. The first kappa shape index (κ1) is 38.4. The first-order valence-corrected chi connectivity index (χ1v) is 19.7. The average molecular weight is 758 g/mol. The number of thiophene rings is 1. The fourth-order valence-corrected chi connectivity index (χ4v) is 8.00. The first-order valence-electron chi connectivity index (χ1n) is 18.8. The predicted octanol–water partition coefficient (Wildman–Crippen LogP) is 7.33. The fourth-order valence-electron chi connectivity index (χ4n) is 7.18. The van der Waals surface area contributed by atoms with Crippen molar-refractivity contribution < 1.29 is 28.7 Å². The van der Waals surface area contributed by atoms with E-state index >= 15 is 0 Å². The van der Waals surface area contributed by atoms with E-state index in [0.29, 0.717) is 44.0 Å². The number of anilines is 1. The summed E-state index contributed by atoms with van der Waals surface area (Å²) in [7, 11) is 0. The zero-order valence-electron chi connectivity index (χ0n) is 30.8. The van der Waals surface area contributed by atoms with E-state index in [1.165, 1.54) is 12.1 Å². The Morgan fingerprint density at radius 3 is 2.52 bits per heavy atom. The van der Waals surface area contributed by atoms with Gasteiger partial charge in [-0.2, -0.15) is 0 Å². The fraction of sp³-hybridized carbons (Fsp3) is 0.462. The second-order valence-corrected chi connectivity index (χ2v) is 14.8. The normalized spacial score (nSPS) is 15.7. The largest absolute Gasteiger partial charge is 0.491 e. The van der Waals surface area contributed by atoms with Gasteiger partial charge in [-0.3, -0.25) is 24.5 Å². The molecule has 0 aliphatic heterocycles. The van der Waals surface area contributed by atoms with Crippen LogP contribution in [0.3, 0.4) is 0 Å². The summed E-state index contributed by atoms with van der Waals surface area (Å²) >= 11 is 1.55. The second-order valence-electron chi connectivity index (χ2n) is 13.8. The lowest BCUT2D eigenvalue weighted by Gasteiger charge is -2.28. The van der Waals surface area contributed by atoms with Gasteiger partial charge in [-0.15, -0.1) is 11.3 Å². The average Bonchev–Trinajstić information content (AvgIpc) is 3.91. The molecule has 1 saturated carbocycles. The zero-order chi connectivity index (χ0) is 38.0. The van der Waals surface area contributed by atoms with Crippen LogP contribution in [0.25, 0.3) is 21.3 Å². The number of fused-ring (bicyclic) bond motifs is 2. The molecule has 3 amide bonds. The summed E-state index contributed by atoms with van der Waals surface area (Å²) in [6.07, 6.45) is 8.71. The Balaban J connectivity index is 0.868. The van der Waals surface area contributed by atoms with E-state index in [9.17, 15) is 24.5 Å². The van der Waals surface area contributed by atoms with Gasteiger partial charge in [-0.25, -0.2) is 4.63 Å². The summed E-state index contributed by atoms with van der Waals surface area (Å²) in [6, 6.07) is 14.5. The van der Waals surface area contributed by atoms with Gasteiger partial charge in [-0.1, -0.05) is 37.8 Å². The molecule has 286 valence electrons. The number of ether oxygens (including phenoxy) is 1. The van der Waals surface area contributed by atoms with Crippen LogP contribution in [0.1, 0.15) is 87.2 Å². The van der Waals surface area contributed by atoms with Crippen molar-refractivity contribution in [1.82, 2.24) is 25.5 Å². The first-order chi connectivity index (χ1) is 26.2. The second kappa shape index (κ2) is 18.1. The van der Waals surface area contributed by atoms with Crippen LogP contribution >= 0.6 is 11.3 Å². The number of rotatable bonds is 18. The number of nitro benzene ring substituents is 1. The Kier molecular flexibility index (Phi) is 12.9. The number of nitrogens with one attached hydrogen (secondary N) is 2. The number of aryl methyl sites for hydroxylation is 1. The van der Waals surface area contributed by atoms with Gasteiger partial charge in [0.1, 0.15) is 12.2 Å². The topological polar surface area (TPSA) is 175 Å². The Hall–Kier alpha value is -5.31. The molecule has 0 spiro atoms. The van der Waals surface area contributed by atoms with E-state index in [1.807, 2.05) is 60.2 Å². The van der Waals surface area contributed by atoms with Gasteiger partial charge in [-0.05, 0) is 104 Å². The molecular formula is C39H47N7O7S. The molecule has 0 atom stereocenters. The van der Waals surface area contributed by atoms with Gasteiger partial charge in [0.2, 0.25) is 17.3 Å². The lowest BCUT2D eigenvalue weighted by Crippen LogP contribution is -2.42. The summed E-state index contributed by atoms with van der Waals surface area (Å²) in [5.74, 6) is 0.169. The Bertz CT molecular complexity index is 2080. The molecule has 14 nitrogen and oxygen atoms in total. The van der Waals surface area contributed by atoms with Crippen LogP contribution < -0.4 is 20.3 Å². The number of nitrogens with zero attached hydrogens (tertiary/aromatic N) is 5. The molecule has 0 radical (unpaired) electrons. The number of carbonyl (C=O) groups is 3. The third kappa shape index (κ3) is 9.24. The lowest BCUT2D eigenvalue weighted by atomic mass is 9.85. The van der Waals surface area contributed by atoms with Crippen LogP contribution in [0.2, 0.25) is 0 Å². The van der Waals surface area contributed by atoms with Crippen molar-refractivity contribution in [3.63, 3.8) is 0 Å². The number of benzene rings is 2. The van der Waals surface area contributed by atoms with Crippen LogP contribution in [-0.4, -0.2) is 63.3 Å². The molecule has 54 heavy (non-hydrogen) atoms. The molecule has 0 bridgehead atoms. The van der Waals surface area contributed by atoms with Crippen molar-refractivity contribution in [3.05, 3.63) is 75.3 Å². The van der Waals surface area contributed by atoms with E-state index < -0.39 is 4.92 Å². The highest BCUT2D eigenvalue weighted by Crippen LogP contribution is 2.31. The third-order valence-electron chi connectivity index (χ3n) is 10.1. The van der Waals surface area contributed by atoms with Gasteiger partial charge < -0.3 is 24.8 Å². The minimum absolute atomic E-state index is 0.0297. The number of non-ortho nitro benzene ring substituents is 1. The maximum Gasteiger partial charge on any atom is 0.301 e. The Labute approximate surface area is 317 Å². The molecule has 5 aromatic rings. The highest BCUT2D eigenvalue weighted by Gasteiger charge is 2.29. The van der Waals surface area contributed by atoms with Crippen LogP contribution in [0.15, 0.2) is 58.5 Å². The van der Waals surface area contributed by atoms with E-state index in [4.69, 9.17) is 4.74 Å². The number of amides is 3. The standard InChI is InChI=1S/C39H47N7O7S/c1-3-44(29-12-10-11-26(2)23-29)35(47)25-45-30-19-22-54-34(30)24-32(45)39(49)41-28-15-13-27(14-16-28)38(48)40-20-8-6-4-5-7-9-21-52-33-18-17-31(46(50)51)36-37(33)43-53-42-36/h10-12,17-19,22-24,27-28H,3-9,13-16,20-21,25H2,1-2H3,(H,40,48)(H,41,49). The number of hydrogen-bond acceptors (Lipinski definition) is 10. The monoisotopic (exact) mass is 757 g/mol. The maximum absolute atomic E-state index is 13.6. The molecule has 3 heterocycles.